The zero-order chi connectivity index (χ0) is 25.8. The third-order valence-corrected chi connectivity index (χ3v) is 3.93. The number of alkyl halides is 6. The third kappa shape index (κ3) is 6.73. The van der Waals surface area contributed by atoms with E-state index in [2.05, 4.69) is 11.8 Å². The topological polar surface area (TPSA) is 145 Å². The van der Waals surface area contributed by atoms with E-state index in [1.54, 1.807) is 5.32 Å². The molecule has 2 aromatic carbocycles. The second kappa shape index (κ2) is 9.53. The summed E-state index contributed by atoms with van der Waals surface area (Å²) in [5, 5.41) is 18.9. The van der Waals surface area contributed by atoms with Crippen LogP contribution in [0.25, 0.3) is 0 Å². The molecule has 8 nitrogen and oxygen atoms in total. The number of nitrogens with two attached hydrogens (primary N) is 1. The summed E-state index contributed by atoms with van der Waals surface area (Å²) in [6.07, 6.45) is -11.5. The van der Waals surface area contributed by atoms with Crippen molar-refractivity contribution in [3.63, 3.8) is 0 Å². The first-order valence-corrected chi connectivity index (χ1v) is 8.73. The number of nitrogens with one attached hydrogen (secondary N) is 3. The van der Waals surface area contributed by atoms with Crippen molar-refractivity contribution in [2.75, 3.05) is 0 Å². The van der Waals surface area contributed by atoms with E-state index in [1.165, 1.54) is 5.32 Å². The Balaban J connectivity index is 2.49. The number of amides is 3. The summed E-state index contributed by atoms with van der Waals surface area (Å²) in [5.74, 6) is 0.858. The summed E-state index contributed by atoms with van der Waals surface area (Å²) >= 11 is 0. The van der Waals surface area contributed by atoms with Gasteiger partial charge in [0.15, 0.2) is 0 Å². The number of guanidine groups is 1. The molecule has 0 saturated heterocycles. The third-order valence-electron chi connectivity index (χ3n) is 3.93. The van der Waals surface area contributed by atoms with Crippen LogP contribution in [0.2, 0.25) is 0 Å². The predicted molar refractivity (Wildman–Crippen MR) is 104 cm³/mol. The molecular formula is C20H12F6N4O4. The molecule has 0 aromatic heterocycles. The van der Waals surface area contributed by atoms with Crippen LogP contribution < -0.4 is 16.4 Å². The highest BCUT2D eigenvalue weighted by Gasteiger charge is 2.35. The number of carbonyl (C=O) groups excluding carboxylic acids is 2. The van der Waals surface area contributed by atoms with Gasteiger partial charge in [-0.05, 0) is 36.4 Å². The Morgan fingerprint density at radius 3 is 2.03 bits per heavy atom. The molecule has 0 unspecified atom stereocenters. The molecule has 0 spiro atoms. The average molecular weight is 486 g/mol. The molecule has 3 amide bonds. The van der Waals surface area contributed by atoms with Gasteiger partial charge in [-0.3, -0.25) is 25.6 Å². The molecule has 6 N–H and O–H groups in total. The van der Waals surface area contributed by atoms with E-state index in [-0.39, 0.29) is 5.56 Å². The normalized spacial score (nSPS) is 11.1. The molecule has 0 bridgehead atoms. The molecule has 0 aliphatic carbocycles. The second-order valence-corrected chi connectivity index (χ2v) is 6.43. The van der Waals surface area contributed by atoms with Crippen LogP contribution in [0.4, 0.5) is 31.1 Å². The quantitative estimate of drug-likeness (QED) is 0.192. The minimum absolute atomic E-state index is 0.183. The standard InChI is InChI=1S/C20H12F6N4O4/c21-19(22,23)12-6-10(5-11(8-12)16(32)29-17(28)30-18(33)34)2-1-9-3-4-14(20(24,25)26)13(7-9)15(27)31/h3-8H,(H2,27,31)(H,33,34)(H3,28,29,30,32). The summed E-state index contributed by atoms with van der Waals surface area (Å²) in [7, 11) is 0. The van der Waals surface area contributed by atoms with Crippen LogP contribution in [0.1, 0.15) is 43.0 Å². The monoisotopic (exact) mass is 486 g/mol. The molecule has 2 aromatic rings. The maximum absolute atomic E-state index is 13.2. The van der Waals surface area contributed by atoms with Gasteiger partial charge in [0.1, 0.15) is 0 Å². The largest absolute Gasteiger partial charge is 0.465 e. The number of hydrogen-bond acceptors (Lipinski definition) is 4. The van der Waals surface area contributed by atoms with Crippen molar-refractivity contribution >= 4 is 23.9 Å². The van der Waals surface area contributed by atoms with Crippen LogP contribution in [-0.4, -0.2) is 29.0 Å². The van der Waals surface area contributed by atoms with Gasteiger partial charge < -0.3 is 10.8 Å². The number of rotatable bonds is 2. The van der Waals surface area contributed by atoms with Gasteiger partial charge in [-0.25, -0.2) is 4.79 Å². The van der Waals surface area contributed by atoms with Gasteiger partial charge in [0.05, 0.1) is 16.7 Å². The van der Waals surface area contributed by atoms with Crippen molar-refractivity contribution in [2.45, 2.75) is 12.4 Å². The second-order valence-electron chi connectivity index (χ2n) is 6.43. The summed E-state index contributed by atoms with van der Waals surface area (Å²) in [6.45, 7) is 0. The molecule has 0 aliphatic rings. The van der Waals surface area contributed by atoms with Crippen LogP contribution in [0.15, 0.2) is 36.4 Å². The SMILES string of the molecule is N=C(NC(=O)O)NC(=O)c1cc(C#Cc2ccc(C(F)(F)F)c(C(N)=O)c2)cc(C(F)(F)F)c1. The zero-order valence-corrected chi connectivity index (χ0v) is 16.5. The maximum atomic E-state index is 13.2. The van der Waals surface area contributed by atoms with Gasteiger partial charge in [-0.2, -0.15) is 26.3 Å². The van der Waals surface area contributed by atoms with Gasteiger partial charge in [-0.15, -0.1) is 0 Å². The predicted octanol–water partition coefficient (Wildman–Crippen LogP) is 3.16. The Kier molecular flexibility index (Phi) is 7.21. The van der Waals surface area contributed by atoms with Gasteiger partial charge >= 0.3 is 18.4 Å². The van der Waals surface area contributed by atoms with Crippen molar-refractivity contribution in [1.29, 1.82) is 5.41 Å². The summed E-state index contributed by atoms with van der Waals surface area (Å²) < 4.78 is 78.7. The van der Waals surface area contributed by atoms with Gasteiger partial charge in [0.25, 0.3) is 5.91 Å². The maximum Gasteiger partial charge on any atom is 0.417 e. The summed E-state index contributed by atoms with van der Waals surface area (Å²) in [5.41, 5.74) is 0.225. The molecule has 34 heavy (non-hydrogen) atoms. The van der Waals surface area contributed by atoms with Gasteiger partial charge in [0, 0.05) is 16.7 Å². The Labute approximate surface area is 186 Å². The molecule has 0 fully saturated rings. The van der Waals surface area contributed by atoms with Crippen LogP contribution >= 0.6 is 0 Å². The number of hydrogen-bond donors (Lipinski definition) is 5. The minimum atomic E-state index is -4.92. The fourth-order valence-electron chi connectivity index (χ4n) is 2.54. The first-order chi connectivity index (χ1) is 15.6. The van der Waals surface area contributed by atoms with Crippen LogP contribution in [0.3, 0.4) is 0 Å². The lowest BCUT2D eigenvalue weighted by Gasteiger charge is -2.11. The minimum Gasteiger partial charge on any atom is -0.465 e. The Morgan fingerprint density at radius 2 is 1.50 bits per heavy atom. The molecular weight excluding hydrogens is 474 g/mol. The first kappa shape index (κ1) is 25.7. The number of halogens is 6. The van der Waals surface area contributed by atoms with Crippen molar-refractivity contribution < 1.29 is 45.8 Å². The van der Waals surface area contributed by atoms with E-state index in [4.69, 9.17) is 16.2 Å². The highest BCUT2D eigenvalue weighted by molar-refractivity contribution is 6.07. The molecule has 0 atom stereocenters. The summed E-state index contributed by atoms with van der Waals surface area (Å²) in [4.78, 5) is 34.0. The van der Waals surface area contributed by atoms with E-state index in [0.29, 0.717) is 18.2 Å². The molecule has 14 heteroatoms. The number of carbonyl (C=O) groups is 3. The molecule has 0 saturated carbocycles. The van der Waals surface area contributed by atoms with E-state index in [0.717, 1.165) is 18.2 Å². The number of carboxylic acid groups (broad SMARTS) is 1. The van der Waals surface area contributed by atoms with E-state index in [9.17, 15) is 40.7 Å². The number of primary amides is 1. The van der Waals surface area contributed by atoms with Crippen molar-refractivity contribution in [3.05, 3.63) is 69.8 Å². The molecule has 178 valence electrons. The highest BCUT2D eigenvalue weighted by Crippen LogP contribution is 2.33. The average Bonchev–Trinajstić information content (AvgIpc) is 2.69. The molecule has 0 radical (unpaired) electrons. The first-order valence-electron chi connectivity index (χ1n) is 8.73. The molecule has 0 aliphatic heterocycles. The highest BCUT2D eigenvalue weighted by atomic mass is 19.4. The van der Waals surface area contributed by atoms with E-state index >= 15 is 0 Å². The Bertz CT molecular complexity index is 1240. The van der Waals surface area contributed by atoms with E-state index < -0.39 is 64.0 Å². The zero-order valence-electron chi connectivity index (χ0n) is 16.5. The van der Waals surface area contributed by atoms with Crippen molar-refractivity contribution in [3.8, 4) is 11.8 Å². The van der Waals surface area contributed by atoms with Crippen molar-refractivity contribution in [2.24, 2.45) is 5.73 Å². The van der Waals surface area contributed by atoms with E-state index in [1.807, 2.05) is 0 Å². The number of benzene rings is 2. The smallest absolute Gasteiger partial charge is 0.417 e. The van der Waals surface area contributed by atoms with Gasteiger partial charge in [-0.1, -0.05) is 11.8 Å². The molecule has 2 rings (SSSR count). The van der Waals surface area contributed by atoms with Crippen LogP contribution in [0.5, 0.6) is 0 Å². The van der Waals surface area contributed by atoms with Crippen LogP contribution in [-0.2, 0) is 12.4 Å². The van der Waals surface area contributed by atoms with Crippen LogP contribution in [0, 0.1) is 17.3 Å². The molecule has 0 heterocycles. The summed E-state index contributed by atoms with van der Waals surface area (Å²) in [6, 6.07) is 4.00. The lowest BCUT2D eigenvalue weighted by Crippen LogP contribution is -2.42. The van der Waals surface area contributed by atoms with Crippen molar-refractivity contribution in [1.82, 2.24) is 10.6 Å². The Hall–Kier alpha value is -4.54. The fourth-order valence-corrected chi connectivity index (χ4v) is 2.54. The van der Waals surface area contributed by atoms with Gasteiger partial charge in [0.2, 0.25) is 11.9 Å². The Morgan fingerprint density at radius 1 is 0.882 bits per heavy atom. The lowest BCUT2D eigenvalue weighted by atomic mass is 10.0. The lowest BCUT2D eigenvalue weighted by molar-refractivity contribution is -0.138. The fraction of sp³-hybridized carbons (Fsp3) is 0.100.